The van der Waals surface area contributed by atoms with Crippen LogP contribution in [-0.2, 0) is 9.53 Å². The minimum absolute atomic E-state index is 0.322. The topological polar surface area (TPSA) is 75.5 Å². The molecule has 0 saturated heterocycles. The zero-order valence-electron chi connectivity index (χ0n) is 11.1. The summed E-state index contributed by atoms with van der Waals surface area (Å²) in [4.78, 5) is 27.4. The van der Waals surface area contributed by atoms with Gasteiger partial charge in [-0.05, 0) is 38.7 Å². The number of H-pyrrole nitrogens is 1. The number of carbonyl (C=O) groups is 1. The number of benzene rings is 1. The van der Waals surface area contributed by atoms with E-state index in [1.165, 1.54) is 0 Å². The maximum atomic E-state index is 12.0. The molecule has 0 radical (unpaired) electrons. The number of ether oxygens (including phenoxy) is 1. The molecule has 2 aromatic rings. The highest BCUT2D eigenvalue weighted by atomic mass is 16.5. The van der Waals surface area contributed by atoms with Crippen LogP contribution in [0.2, 0.25) is 0 Å². The molecule has 0 amide bonds. The van der Waals surface area contributed by atoms with Crippen molar-refractivity contribution in [2.45, 2.75) is 13.0 Å². The van der Waals surface area contributed by atoms with Crippen molar-refractivity contribution in [2.75, 3.05) is 20.7 Å². The minimum atomic E-state index is -0.511. The highest BCUT2D eigenvalue weighted by molar-refractivity contribution is 5.80. The van der Waals surface area contributed by atoms with Crippen LogP contribution in [0.25, 0.3) is 11.1 Å². The van der Waals surface area contributed by atoms with Gasteiger partial charge in [-0.1, -0.05) is 6.07 Å². The third kappa shape index (κ3) is 2.68. The molecule has 0 bridgehead atoms. The quantitative estimate of drug-likeness (QED) is 0.842. The van der Waals surface area contributed by atoms with Crippen molar-refractivity contribution < 1.29 is 13.9 Å². The lowest BCUT2D eigenvalue weighted by Crippen LogP contribution is -2.29. The van der Waals surface area contributed by atoms with Gasteiger partial charge in [0.05, 0.1) is 12.1 Å². The Balaban J connectivity index is 2.43. The van der Waals surface area contributed by atoms with Crippen molar-refractivity contribution in [1.29, 1.82) is 0 Å². The number of esters is 1. The molecule has 0 spiro atoms. The second-order valence-corrected chi connectivity index (χ2v) is 4.39. The number of nitrogens with one attached hydrogen (secondary N) is 1. The van der Waals surface area contributed by atoms with E-state index in [4.69, 9.17) is 9.15 Å². The van der Waals surface area contributed by atoms with Crippen LogP contribution in [0.1, 0.15) is 18.5 Å². The van der Waals surface area contributed by atoms with E-state index in [0.29, 0.717) is 17.7 Å². The van der Waals surface area contributed by atoms with E-state index in [9.17, 15) is 9.59 Å². The van der Waals surface area contributed by atoms with Gasteiger partial charge in [-0.2, -0.15) is 0 Å². The summed E-state index contributed by atoms with van der Waals surface area (Å²) < 4.78 is 9.99. The highest BCUT2D eigenvalue weighted by Crippen LogP contribution is 2.23. The Bertz CT molecular complexity index is 641. The Hall–Kier alpha value is -2.08. The molecule has 0 aliphatic carbocycles. The fraction of sp³-hybridized carbons (Fsp3) is 0.385. The van der Waals surface area contributed by atoms with Crippen LogP contribution in [0.5, 0.6) is 0 Å². The lowest BCUT2D eigenvalue weighted by atomic mass is 10.1. The van der Waals surface area contributed by atoms with E-state index >= 15 is 0 Å². The number of carbonyl (C=O) groups excluding carboxylic acids is 1. The second-order valence-electron chi connectivity index (χ2n) is 4.39. The first-order valence-electron chi connectivity index (χ1n) is 5.98. The highest BCUT2D eigenvalue weighted by Gasteiger charge is 2.24. The average molecular weight is 264 g/mol. The summed E-state index contributed by atoms with van der Waals surface area (Å²) >= 11 is 0. The first kappa shape index (κ1) is 13.4. The molecule has 102 valence electrons. The van der Waals surface area contributed by atoms with Gasteiger partial charge in [0.25, 0.3) is 0 Å². The van der Waals surface area contributed by atoms with Crippen LogP contribution >= 0.6 is 0 Å². The maximum Gasteiger partial charge on any atom is 0.417 e. The van der Waals surface area contributed by atoms with Crippen LogP contribution in [0.3, 0.4) is 0 Å². The molecule has 1 aromatic heterocycles. The number of rotatable bonds is 4. The minimum Gasteiger partial charge on any atom is -0.465 e. The smallest absolute Gasteiger partial charge is 0.417 e. The zero-order chi connectivity index (χ0) is 14.0. The van der Waals surface area contributed by atoms with Gasteiger partial charge in [0.1, 0.15) is 6.04 Å². The molecule has 2 rings (SSSR count). The number of likely N-dealkylation sites (N-methyl/N-ethyl adjacent to an activating group) is 1. The molecule has 19 heavy (non-hydrogen) atoms. The van der Waals surface area contributed by atoms with E-state index in [2.05, 4.69) is 4.98 Å². The Kier molecular flexibility index (Phi) is 3.71. The second kappa shape index (κ2) is 5.27. The normalized spacial score (nSPS) is 12.8. The summed E-state index contributed by atoms with van der Waals surface area (Å²) in [6, 6.07) is 4.63. The van der Waals surface area contributed by atoms with Crippen molar-refractivity contribution in [1.82, 2.24) is 9.88 Å². The maximum absolute atomic E-state index is 12.0. The molecule has 0 fully saturated rings. The van der Waals surface area contributed by atoms with Gasteiger partial charge >= 0.3 is 11.7 Å². The average Bonchev–Trinajstić information content (AvgIpc) is 2.68. The van der Waals surface area contributed by atoms with Crippen molar-refractivity contribution in [3.05, 3.63) is 34.3 Å². The molecule has 1 atom stereocenters. The Morgan fingerprint density at radius 2 is 2.21 bits per heavy atom. The van der Waals surface area contributed by atoms with E-state index < -0.39 is 11.8 Å². The first-order valence-corrected chi connectivity index (χ1v) is 5.98. The van der Waals surface area contributed by atoms with Gasteiger partial charge in [0.2, 0.25) is 0 Å². The number of hydrogen-bond acceptors (Lipinski definition) is 5. The van der Waals surface area contributed by atoms with Crippen LogP contribution < -0.4 is 5.76 Å². The Morgan fingerprint density at radius 1 is 1.47 bits per heavy atom. The monoisotopic (exact) mass is 264 g/mol. The van der Waals surface area contributed by atoms with Gasteiger partial charge in [0, 0.05) is 0 Å². The van der Waals surface area contributed by atoms with Crippen molar-refractivity contribution in [3.63, 3.8) is 0 Å². The summed E-state index contributed by atoms with van der Waals surface area (Å²) in [6.07, 6.45) is 0. The lowest BCUT2D eigenvalue weighted by molar-refractivity contribution is -0.148. The summed E-state index contributed by atoms with van der Waals surface area (Å²) in [5.41, 5.74) is 1.78. The van der Waals surface area contributed by atoms with Gasteiger partial charge in [0.15, 0.2) is 5.58 Å². The fourth-order valence-corrected chi connectivity index (χ4v) is 2.01. The van der Waals surface area contributed by atoms with Crippen LogP contribution in [-0.4, -0.2) is 36.6 Å². The van der Waals surface area contributed by atoms with E-state index in [1.54, 1.807) is 44.1 Å². The number of aromatic nitrogens is 1. The van der Waals surface area contributed by atoms with Gasteiger partial charge in [-0.25, -0.2) is 9.59 Å². The summed E-state index contributed by atoms with van der Waals surface area (Å²) in [5, 5.41) is 0. The number of fused-ring (bicyclic) bond motifs is 1. The molecule has 1 N–H and O–H groups in total. The van der Waals surface area contributed by atoms with Gasteiger partial charge in [-0.15, -0.1) is 0 Å². The summed E-state index contributed by atoms with van der Waals surface area (Å²) in [5.74, 6) is -0.831. The van der Waals surface area contributed by atoms with E-state index in [-0.39, 0.29) is 5.97 Å². The van der Waals surface area contributed by atoms with Crippen LogP contribution in [0.15, 0.2) is 27.4 Å². The number of nitrogens with zero attached hydrogens (tertiary/aromatic N) is 1. The standard InChI is InChI=1S/C13H16N2O4/c1-4-18-12(16)11(15(2)3)8-5-6-10-9(7-8)14-13(17)19-10/h5-7,11H,4H2,1-3H3,(H,14,17). The SMILES string of the molecule is CCOC(=O)C(c1ccc2oc(=O)[nH]c2c1)N(C)C. The van der Waals surface area contributed by atoms with Crippen molar-refractivity contribution >= 4 is 17.1 Å². The van der Waals surface area contributed by atoms with Crippen LogP contribution in [0, 0.1) is 0 Å². The molecular weight excluding hydrogens is 248 g/mol. The first-order chi connectivity index (χ1) is 9.02. The third-order valence-electron chi connectivity index (χ3n) is 2.78. The molecule has 1 unspecified atom stereocenters. The third-order valence-corrected chi connectivity index (χ3v) is 2.78. The van der Waals surface area contributed by atoms with E-state index in [1.807, 2.05) is 0 Å². The largest absolute Gasteiger partial charge is 0.465 e. The zero-order valence-corrected chi connectivity index (χ0v) is 11.1. The number of aromatic amines is 1. The van der Waals surface area contributed by atoms with Gasteiger partial charge < -0.3 is 9.15 Å². The van der Waals surface area contributed by atoms with Crippen LogP contribution in [0.4, 0.5) is 0 Å². The molecular formula is C13H16N2O4. The number of hydrogen-bond donors (Lipinski definition) is 1. The van der Waals surface area contributed by atoms with Crippen molar-refractivity contribution in [2.24, 2.45) is 0 Å². The molecule has 0 saturated carbocycles. The summed E-state index contributed by atoms with van der Waals surface area (Å²) in [6.45, 7) is 2.09. The predicted molar refractivity (Wildman–Crippen MR) is 69.9 cm³/mol. The number of oxazole rings is 1. The Morgan fingerprint density at radius 3 is 2.84 bits per heavy atom. The Labute approximate surface area is 110 Å². The molecule has 1 heterocycles. The summed E-state index contributed by atoms with van der Waals surface area (Å²) in [7, 11) is 3.59. The fourth-order valence-electron chi connectivity index (χ4n) is 2.01. The molecule has 6 nitrogen and oxygen atoms in total. The lowest BCUT2D eigenvalue weighted by Gasteiger charge is -2.22. The van der Waals surface area contributed by atoms with Gasteiger partial charge in [-0.3, -0.25) is 9.88 Å². The molecule has 0 aliphatic rings. The van der Waals surface area contributed by atoms with Crippen molar-refractivity contribution in [3.8, 4) is 0 Å². The molecule has 0 aliphatic heterocycles. The molecule has 1 aromatic carbocycles. The van der Waals surface area contributed by atoms with E-state index in [0.717, 1.165) is 5.56 Å². The molecule has 6 heteroatoms. The predicted octanol–water partition coefficient (Wildman–Crippen LogP) is 1.29.